The van der Waals surface area contributed by atoms with Crippen LogP contribution in [0, 0.1) is 0 Å². The first-order chi connectivity index (χ1) is 6.61. The predicted octanol–water partition coefficient (Wildman–Crippen LogP) is 0.391. The van der Waals surface area contributed by atoms with E-state index in [0.717, 1.165) is 0 Å². The number of hydrogen-bond donors (Lipinski definition) is 1. The van der Waals surface area contributed by atoms with Crippen LogP contribution in [0.2, 0.25) is 0 Å². The number of alkyl halides is 2. The Bertz CT molecular complexity index is 334. The van der Waals surface area contributed by atoms with Crippen molar-refractivity contribution >= 4 is 5.82 Å². The van der Waals surface area contributed by atoms with Crippen molar-refractivity contribution in [2.75, 3.05) is 18.0 Å². The van der Waals surface area contributed by atoms with Crippen molar-refractivity contribution in [3.8, 4) is 0 Å². The summed E-state index contributed by atoms with van der Waals surface area (Å²) in [5, 5.41) is 0. The Hall–Kier alpha value is -1.30. The molecule has 1 saturated heterocycles. The lowest BCUT2D eigenvalue weighted by atomic mass is 10.1. The van der Waals surface area contributed by atoms with E-state index in [9.17, 15) is 8.78 Å². The van der Waals surface area contributed by atoms with E-state index in [1.807, 2.05) is 0 Å². The van der Waals surface area contributed by atoms with Crippen LogP contribution in [0.3, 0.4) is 0 Å². The summed E-state index contributed by atoms with van der Waals surface area (Å²) >= 11 is 0. The van der Waals surface area contributed by atoms with Crippen LogP contribution < -0.4 is 10.6 Å². The number of rotatable bonds is 2. The van der Waals surface area contributed by atoms with E-state index in [-0.39, 0.29) is 19.6 Å². The third-order valence-electron chi connectivity index (χ3n) is 2.04. The zero-order valence-corrected chi connectivity index (χ0v) is 7.45. The fourth-order valence-electron chi connectivity index (χ4n) is 1.34. The molecule has 0 aromatic carbocycles. The van der Waals surface area contributed by atoms with Gasteiger partial charge in [0.1, 0.15) is 11.6 Å². The Morgan fingerprint density at radius 3 is 2.79 bits per heavy atom. The van der Waals surface area contributed by atoms with Gasteiger partial charge in [-0.05, 0) is 6.07 Å². The molecule has 1 aliphatic heterocycles. The minimum Gasteiger partial charge on any atom is -0.344 e. The van der Waals surface area contributed by atoms with E-state index >= 15 is 0 Å². The van der Waals surface area contributed by atoms with E-state index in [1.54, 1.807) is 6.07 Å². The first-order valence-corrected chi connectivity index (χ1v) is 4.25. The normalized spacial score (nSPS) is 19.2. The standard InChI is InChI=1S/C8H10F2N4/c9-8(10)4-14(5-8)7-1-2-12-6(3-11)13-7/h1-2H,3-5,11H2. The molecule has 0 bridgehead atoms. The first kappa shape index (κ1) is 9.26. The highest BCUT2D eigenvalue weighted by Gasteiger charge is 2.44. The molecule has 0 amide bonds. The van der Waals surface area contributed by atoms with Gasteiger partial charge in [-0.25, -0.2) is 18.7 Å². The summed E-state index contributed by atoms with van der Waals surface area (Å²) in [6, 6.07) is 1.61. The van der Waals surface area contributed by atoms with Gasteiger partial charge < -0.3 is 10.6 Å². The average Bonchev–Trinajstić information content (AvgIpc) is 2.14. The maximum absolute atomic E-state index is 12.5. The van der Waals surface area contributed by atoms with Crippen LogP contribution in [0.25, 0.3) is 0 Å². The highest BCUT2D eigenvalue weighted by molar-refractivity contribution is 5.42. The first-order valence-electron chi connectivity index (χ1n) is 4.25. The summed E-state index contributed by atoms with van der Waals surface area (Å²) in [6.07, 6.45) is 1.53. The van der Waals surface area contributed by atoms with Gasteiger partial charge in [-0.3, -0.25) is 0 Å². The van der Waals surface area contributed by atoms with Crippen molar-refractivity contribution in [2.24, 2.45) is 5.73 Å². The topological polar surface area (TPSA) is 55.0 Å². The maximum atomic E-state index is 12.5. The molecule has 14 heavy (non-hydrogen) atoms. The van der Waals surface area contributed by atoms with Crippen LogP contribution in [0.15, 0.2) is 12.3 Å². The molecule has 0 spiro atoms. The second kappa shape index (κ2) is 3.13. The van der Waals surface area contributed by atoms with Crippen molar-refractivity contribution in [1.82, 2.24) is 9.97 Å². The van der Waals surface area contributed by atoms with Gasteiger partial charge in [0.25, 0.3) is 5.92 Å². The van der Waals surface area contributed by atoms with Gasteiger partial charge in [-0.1, -0.05) is 0 Å². The summed E-state index contributed by atoms with van der Waals surface area (Å²) in [6.45, 7) is -0.319. The molecule has 2 N–H and O–H groups in total. The van der Waals surface area contributed by atoms with E-state index < -0.39 is 5.92 Å². The number of nitrogens with zero attached hydrogens (tertiary/aromatic N) is 3. The quantitative estimate of drug-likeness (QED) is 0.750. The number of hydrogen-bond acceptors (Lipinski definition) is 4. The summed E-state index contributed by atoms with van der Waals surface area (Å²) in [7, 11) is 0. The third kappa shape index (κ3) is 1.65. The highest BCUT2D eigenvalue weighted by atomic mass is 19.3. The molecule has 0 saturated carbocycles. The van der Waals surface area contributed by atoms with Crippen LogP contribution in [0.1, 0.15) is 5.82 Å². The molecule has 1 aromatic rings. The number of halogens is 2. The Kier molecular flexibility index (Phi) is 2.07. The average molecular weight is 200 g/mol. The van der Waals surface area contributed by atoms with Crippen molar-refractivity contribution in [1.29, 1.82) is 0 Å². The van der Waals surface area contributed by atoms with Crippen molar-refractivity contribution in [3.05, 3.63) is 18.1 Å². The molecular formula is C8H10F2N4. The molecular weight excluding hydrogens is 190 g/mol. The van der Waals surface area contributed by atoms with Crippen molar-refractivity contribution < 1.29 is 8.78 Å². The van der Waals surface area contributed by atoms with Gasteiger partial charge >= 0.3 is 0 Å². The fraction of sp³-hybridized carbons (Fsp3) is 0.500. The Balaban J connectivity index is 2.11. The Morgan fingerprint density at radius 2 is 2.21 bits per heavy atom. The molecule has 0 atom stereocenters. The van der Waals surface area contributed by atoms with E-state index in [2.05, 4.69) is 9.97 Å². The smallest absolute Gasteiger partial charge is 0.282 e. The van der Waals surface area contributed by atoms with Gasteiger partial charge in [0.15, 0.2) is 0 Å². The van der Waals surface area contributed by atoms with Crippen LogP contribution in [0.5, 0.6) is 0 Å². The number of aromatic nitrogens is 2. The molecule has 2 heterocycles. The fourth-order valence-corrected chi connectivity index (χ4v) is 1.34. The lowest BCUT2D eigenvalue weighted by molar-refractivity contribution is -0.0267. The lowest BCUT2D eigenvalue weighted by Gasteiger charge is -2.39. The monoisotopic (exact) mass is 200 g/mol. The van der Waals surface area contributed by atoms with Gasteiger partial charge in [0, 0.05) is 6.20 Å². The number of anilines is 1. The van der Waals surface area contributed by atoms with Gasteiger partial charge in [-0.2, -0.15) is 0 Å². The van der Waals surface area contributed by atoms with Crippen LogP contribution in [-0.2, 0) is 6.54 Å². The van der Waals surface area contributed by atoms with Crippen molar-refractivity contribution in [2.45, 2.75) is 12.5 Å². The molecule has 1 aliphatic rings. The highest BCUT2D eigenvalue weighted by Crippen LogP contribution is 2.30. The van der Waals surface area contributed by atoms with Crippen molar-refractivity contribution in [3.63, 3.8) is 0 Å². The van der Waals surface area contributed by atoms with E-state index in [1.165, 1.54) is 11.1 Å². The third-order valence-corrected chi connectivity index (χ3v) is 2.04. The van der Waals surface area contributed by atoms with Crippen LogP contribution >= 0.6 is 0 Å². The van der Waals surface area contributed by atoms with Crippen LogP contribution in [-0.4, -0.2) is 29.0 Å². The molecule has 6 heteroatoms. The summed E-state index contributed by atoms with van der Waals surface area (Å²) < 4.78 is 25.1. The molecule has 1 fully saturated rings. The van der Waals surface area contributed by atoms with Gasteiger partial charge in [0.2, 0.25) is 0 Å². The molecule has 4 nitrogen and oxygen atoms in total. The molecule has 76 valence electrons. The maximum Gasteiger partial charge on any atom is 0.282 e. The molecule has 0 aliphatic carbocycles. The summed E-state index contributed by atoms with van der Waals surface area (Å²) in [5.74, 6) is -1.59. The Labute approximate surface area is 79.8 Å². The lowest BCUT2D eigenvalue weighted by Crippen LogP contribution is -2.56. The second-order valence-corrected chi connectivity index (χ2v) is 3.25. The molecule has 2 rings (SSSR count). The minimum absolute atomic E-state index is 0.220. The molecule has 1 aromatic heterocycles. The zero-order chi connectivity index (χ0) is 10.2. The SMILES string of the molecule is NCc1nccc(N2CC(F)(F)C2)n1. The largest absolute Gasteiger partial charge is 0.344 e. The van der Waals surface area contributed by atoms with E-state index in [4.69, 9.17) is 5.73 Å². The number of nitrogens with two attached hydrogens (primary N) is 1. The zero-order valence-electron chi connectivity index (χ0n) is 7.45. The minimum atomic E-state index is -2.58. The molecule has 0 radical (unpaired) electrons. The summed E-state index contributed by atoms with van der Waals surface area (Å²) in [5.41, 5.74) is 5.34. The molecule has 0 unspecified atom stereocenters. The predicted molar refractivity (Wildman–Crippen MR) is 47.1 cm³/mol. The van der Waals surface area contributed by atoms with Gasteiger partial charge in [0.05, 0.1) is 19.6 Å². The van der Waals surface area contributed by atoms with Gasteiger partial charge in [-0.15, -0.1) is 0 Å². The Morgan fingerprint density at radius 1 is 1.50 bits per heavy atom. The summed E-state index contributed by atoms with van der Waals surface area (Å²) in [4.78, 5) is 9.42. The second-order valence-electron chi connectivity index (χ2n) is 3.25. The van der Waals surface area contributed by atoms with Crippen LogP contribution in [0.4, 0.5) is 14.6 Å². The van der Waals surface area contributed by atoms with E-state index in [0.29, 0.717) is 11.6 Å².